The summed E-state index contributed by atoms with van der Waals surface area (Å²) in [7, 11) is 2.00. The normalized spacial score (nSPS) is 13.6. The van der Waals surface area contributed by atoms with Gasteiger partial charge in [0.05, 0.1) is 5.75 Å². The maximum atomic E-state index is 4.70. The van der Waals surface area contributed by atoms with Gasteiger partial charge in [-0.05, 0) is 45.3 Å². The van der Waals surface area contributed by atoms with Gasteiger partial charge in [0.2, 0.25) is 0 Å². The van der Waals surface area contributed by atoms with Crippen LogP contribution in [0.25, 0.3) is 0 Å². The van der Waals surface area contributed by atoms with Crippen molar-refractivity contribution in [2.24, 2.45) is 5.92 Å². The highest BCUT2D eigenvalue weighted by molar-refractivity contribution is 7.99. The lowest BCUT2D eigenvalue weighted by Crippen LogP contribution is -2.19. The van der Waals surface area contributed by atoms with E-state index in [-0.39, 0.29) is 4.75 Å². The van der Waals surface area contributed by atoms with E-state index in [0.29, 0.717) is 5.92 Å². The van der Waals surface area contributed by atoms with Gasteiger partial charge in [0.1, 0.15) is 5.82 Å². The van der Waals surface area contributed by atoms with Crippen molar-refractivity contribution in [1.29, 1.82) is 0 Å². The number of thioether (sulfide) groups is 1. The van der Waals surface area contributed by atoms with Gasteiger partial charge in [0.15, 0.2) is 0 Å². The van der Waals surface area contributed by atoms with Gasteiger partial charge in [-0.15, -0.1) is 11.8 Å². The Morgan fingerprint density at radius 1 is 1.15 bits per heavy atom. The molecule has 0 aliphatic heterocycles. The third-order valence-corrected chi connectivity index (χ3v) is 4.48. The van der Waals surface area contributed by atoms with Crippen LogP contribution in [0.4, 0.5) is 0 Å². The van der Waals surface area contributed by atoms with Crippen LogP contribution in [0.1, 0.15) is 50.5 Å². The predicted octanol–water partition coefficient (Wildman–Crippen LogP) is 3.52. The standard InChI is InChI=1S/C16H29N3S/c1-11(9-17-7)8-14-12(2)18-15(19-13(14)3)10-20-16(4,5)6/h11,17H,8-10H2,1-7H3. The average molecular weight is 295 g/mol. The van der Waals surface area contributed by atoms with Crippen molar-refractivity contribution >= 4 is 11.8 Å². The molecule has 0 aromatic carbocycles. The summed E-state index contributed by atoms with van der Waals surface area (Å²) in [6.45, 7) is 14.2. The molecule has 1 N–H and O–H groups in total. The summed E-state index contributed by atoms with van der Waals surface area (Å²) >= 11 is 1.90. The van der Waals surface area contributed by atoms with E-state index in [1.54, 1.807) is 0 Å². The SMILES string of the molecule is CNCC(C)Cc1c(C)nc(CSC(C)(C)C)nc1C. The van der Waals surface area contributed by atoms with Crippen molar-refractivity contribution < 1.29 is 0 Å². The third-order valence-electron chi connectivity index (χ3n) is 3.21. The fourth-order valence-corrected chi connectivity index (χ4v) is 2.91. The van der Waals surface area contributed by atoms with E-state index in [0.717, 1.165) is 35.9 Å². The van der Waals surface area contributed by atoms with E-state index < -0.39 is 0 Å². The van der Waals surface area contributed by atoms with Crippen LogP contribution in [-0.4, -0.2) is 28.3 Å². The highest BCUT2D eigenvalue weighted by Crippen LogP contribution is 2.26. The second-order valence-corrected chi connectivity index (χ2v) is 8.36. The van der Waals surface area contributed by atoms with Gasteiger partial charge in [-0.3, -0.25) is 0 Å². The molecule has 0 amide bonds. The summed E-state index contributed by atoms with van der Waals surface area (Å²) < 4.78 is 0.255. The van der Waals surface area contributed by atoms with Crippen molar-refractivity contribution in [2.75, 3.05) is 13.6 Å². The van der Waals surface area contributed by atoms with Gasteiger partial charge < -0.3 is 5.32 Å². The highest BCUT2D eigenvalue weighted by atomic mass is 32.2. The molecule has 1 unspecified atom stereocenters. The van der Waals surface area contributed by atoms with Crippen molar-refractivity contribution in [3.8, 4) is 0 Å². The maximum Gasteiger partial charge on any atom is 0.138 e. The van der Waals surface area contributed by atoms with Crippen LogP contribution in [0, 0.1) is 19.8 Å². The Morgan fingerprint density at radius 2 is 1.70 bits per heavy atom. The second kappa shape index (κ2) is 7.41. The molecule has 0 bridgehead atoms. The number of nitrogens with zero attached hydrogens (tertiary/aromatic N) is 2. The lowest BCUT2D eigenvalue weighted by molar-refractivity contribution is 0.536. The summed E-state index contributed by atoms with van der Waals surface area (Å²) in [5.41, 5.74) is 3.60. The molecule has 0 saturated carbocycles. The third kappa shape index (κ3) is 5.80. The Bertz CT molecular complexity index is 415. The summed E-state index contributed by atoms with van der Waals surface area (Å²) in [5, 5.41) is 3.23. The molecule has 0 aliphatic rings. The molecule has 0 spiro atoms. The Labute approximate surface area is 128 Å². The summed E-state index contributed by atoms with van der Waals surface area (Å²) in [6, 6.07) is 0. The molecular weight excluding hydrogens is 266 g/mol. The molecule has 3 nitrogen and oxygen atoms in total. The topological polar surface area (TPSA) is 37.8 Å². The number of nitrogens with one attached hydrogen (secondary N) is 1. The molecule has 1 aromatic heterocycles. The Hall–Kier alpha value is -0.610. The second-order valence-electron chi connectivity index (χ2n) is 6.56. The van der Waals surface area contributed by atoms with E-state index in [9.17, 15) is 0 Å². The van der Waals surface area contributed by atoms with Crippen molar-refractivity contribution in [3.05, 3.63) is 22.8 Å². The highest BCUT2D eigenvalue weighted by Gasteiger charge is 2.15. The first-order valence-corrected chi connectivity index (χ1v) is 8.33. The van der Waals surface area contributed by atoms with Gasteiger partial charge >= 0.3 is 0 Å². The number of aryl methyl sites for hydroxylation is 2. The van der Waals surface area contributed by atoms with Gasteiger partial charge in [0, 0.05) is 16.1 Å². The Kier molecular flexibility index (Phi) is 6.46. The van der Waals surface area contributed by atoms with Gasteiger partial charge in [-0.25, -0.2) is 9.97 Å². The first kappa shape index (κ1) is 17.4. The molecule has 0 aliphatic carbocycles. The van der Waals surface area contributed by atoms with Crippen LogP contribution in [0.3, 0.4) is 0 Å². The van der Waals surface area contributed by atoms with Crippen LogP contribution >= 0.6 is 11.8 Å². The van der Waals surface area contributed by atoms with Crippen molar-refractivity contribution in [3.63, 3.8) is 0 Å². The molecule has 0 fully saturated rings. The van der Waals surface area contributed by atoms with E-state index in [1.165, 1.54) is 5.56 Å². The lowest BCUT2D eigenvalue weighted by Gasteiger charge is -2.18. The molecule has 1 atom stereocenters. The number of hydrogen-bond acceptors (Lipinski definition) is 4. The van der Waals surface area contributed by atoms with E-state index in [1.807, 2.05) is 18.8 Å². The largest absolute Gasteiger partial charge is 0.319 e. The summed E-state index contributed by atoms with van der Waals surface area (Å²) in [4.78, 5) is 9.40. The monoisotopic (exact) mass is 295 g/mol. The molecule has 20 heavy (non-hydrogen) atoms. The summed E-state index contributed by atoms with van der Waals surface area (Å²) in [6.07, 6.45) is 1.05. The van der Waals surface area contributed by atoms with E-state index in [4.69, 9.17) is 9.97 Å². The first-order chi connectivity index (χ1) is 9.23. The van der Waals surface area contributed by atoms with Crippen LogP contribution in [0.5, 0.6) is 0 Å². The van der Waals surface area contributed by atoms with Crippen molar-refractivity contribution in [1.82, 2.24) is 15.3 Å². The fourth-order valence-electron chi connectivity index (χ4n) is 2.22. The molecule has 114 valence electrons. The fraction of sp³-hybridized carbons (Fsp3) is 0.750. The van der Waals surface area contributed by atoms with Crippen LogP contribution in [0.15, 0.2) is 0 Å². The molecule has 0 saturated heterocycles. The Balaban J connectivity index is 2.81. The number of hydrogen-bond donors (Lipinski definition) is 1. The van der Waals surface area contributed by atoms with E-state index >= 15 is 0 Å². The molecule has 0 radical (unpaired) electrons. The average Bonchev–Trinajstić information content (AvgIpc) is 2.31. The maximum absolute atomic E-state index is 4.70. The number of rotatable bonds is 6. The van der Waals surface area contributed by atoms with Crippen molar-refractivity contribution in [2.45, 2.75) is 58.5 Å². The van der Waals surface area contributed by atoms with Gasteiger partial charge in [-0.1, -0.05) is 27.7 Å². The molecule has 4 heteroatoms. The molecular formula is C16H29N3S. The van der Waals surface area contributed by atoms with Gasteiger partial charge in [-0.2, -0.15) is 0 Å². The lowest BCUT2D eigenvalue weighted by atomic mass is 9.99. The molecule has 1 rings (SSSR count). The van der Waals surface area contributed by atoms with E-state index in [2.05, 4.69) is 46.9 Å². The van der Waals surface area contributed by atoms with Gasteiger partial charge in [0.25, 0.3) is 0 Å². The van der Waals surface area contributed by atoms with Crippen LogP contribution in [0.2, 0.25) is 0 Å². The first-order valence-electron chi connectivity index (χ1n) is 7.34. The predicted molar refractivity (Wildman–Crippen MR) is 89.3 cm³/mol. The molecule has 1 aromatic rings. The molecule has 1 heterocycles. The van der Waals surface area contributed by atoms with Crippen LogP contribution < -0.4 is 5.32 Å². The minimum Gasteiger partial charge on any atom is -0.319 e. The minimum absolute atomic E-state index is 0.255. The number of aromatic nitrogens is 2. The quantitative estimate of drug-likeness (QED) is 0.871. The zero-order chi connectivity index (χ0) is 15.3. The smallest absolute Gasteiger partial charge is 0.138 e. The zero-order valence-electron chi connectivity index (χ0n) is 14.0. The minimum atomic E-state index is 0.255. The Morgan fingerprint density at radius 3 is 2.15 bits per heavy atom. The summed E-state index contributed by atoms with van der Waals surface area (Å²) in [5.74, 6) is 2.46. The zero-order valence-corrected chi connectivity index (χ0v) is 14.8. The van der Waals surface area contributed by atoms with Crippen LogP contribution in [-0.2, 0) is 12.2 Å².